The number of thiophene rings is 1. The molecule has 0 amide bonds. The lowest BCUT2D eigenvalue weighted by molar-refractivity contribution is 0.590. The van der Waals surface area contributed by atoms with E-state index in [4.69, 9.17) is 0 Å². The molecule has 0 unspecified atom stereocenters. The highest BCUT2D eigenvalue weighted by Crippen LogP contribution is 2.53. The fraction of sp³-hybridized carbons (Fsp3) is 0.149. The molecule has 0 N–H and O–H groups in total. The molecule has 0 saturated carbocycles. The van der Waals surface area contributed by atoms with E-state index in [0.717, 1.165) is 5.69 Å². The van der Waals surface area contributed by atoms with Crippen molar-refractivity contribution in [1.82, 2.24) is 0 Å². The Labute approximate surface area is 293 Å². The van der Waals surface area contributed by atoms with Gasteiger partial charge in [-0.15, -0.1) is 11.3 Å². The number of benzene rings is 7. The van der Waals surface area contributed by atoms with E-state index in [2.05, 4.69) is 185 Å². The van der Waals surface area contributed by atoms with Crippen molar-refractivity contribution < 1.29 is 0 Å². The summed E-state index contributed by atoms with van der Waals surface area (Å²) in [5.74, 6) is 0. The molecule has 7 aromatic carbocycles. The van der Waals surface area contributed by atoms with Crippen molar-refractivity contribution in [1.29, 1.82) is 0 Å². The van der Waals surface area contributed by atoms with Gasteiger partial charge in [-0.05, 0) is 80.4 Å². The first-order valence-corrected chi connectivity index (χ1v) is 18.1. The molecule has 1 aromatic heterocycles. The minimum atomic E-state index is -0.0986. The van der Waals surface area contributed by atoms with Gasteiger partial charge in [-0.25, -0.2) is 0 Å². The molecule has 0 radical (unpaired) electrons. The second-order valence-electron chi connectivity index (χ2n) is 15.0. The van der Waals surface area contributed by atoms with E-state index in [-0.39, 0.29) is 10.8 Å². The quantitative estimate of drug-likeness (QED) is 0.183. The molecule has 0 fully saturated rings. The highest BCUT2D eigenvalue weighted by atomic mass is 32.1. The molecule has 1 heterocycles. The van der Waals surface area contributed by atoms with Gasteiger partial charge in [0.15, 0.2) is 0 Å². The fourth-order valence-electron chi connectivity index (χ4n) is 8.04. The highest BCUT2D eigenvalue weighted by molar-refractivity contribution is 7.26. The van der Waals surface area contributed by atoms with Crippen LogP contribution in [0.25, 0.3) is 53.2 Å². The van der Waals surface area contributed by atoms with Crippen molar-refractivity contribution in [2.45, 2.75) is 45.4 Å². The van der Waals surface area contributed by atoms with Crippen LogP contribution in [0.15, 0.2) is 146 Å². The minimum Gasteiger partial charge on any atom is -0.310 e. The van der Waals surface area contributed by atoms with Gasteiger partial charge in [-0.2, -0.15) is 0 Å². The normalized spacial score (nSPS) is 13.6. The lowest BCUT2D eigenvalue weighted by Crippen LogP contribution is -2.17. The average Bonchev–Trinajstić information content (AvgIpc) is 3.61. The maximum absolute atomic E-state index is 2.50. The van der Waals surface area contributed by atoms with Gasteiger partial charge < -0.3 is 4.90 Å². The third-order valence-electron chi connectivity index (χ3n) is 10.6. The number of nitrogens with zero attached hydrogens (tertiary/aromatic N) is 1. The summed E-state index contributed by atoms with van der Waals surface area (Å²) in [6, 6.07) is 54.4. The number of hydrogen-bond acceptors (Lipinski definition) is 2. The monoisotopic (exact) mass is 649 g/mol. The molecule has 0 bridgehead atoms. The molecule has 0 spiro atoms. The van der Waals surface area contributed by atoms with Crippen molar-refractivity contribution in [3.05, 3.63) is 162 Å². The second kappa shape index (κ2) is 10.9. The Hall–Kier alpha value is -5.18. The average molecular weight is 650 g/mol. The summed E-state index contributed by atoms with van der Waals surface area (Å²) < 4.78 is 2.65. The lowest BCUT2D eigenvalue weighted by Gasteiger charge is -2.31. The molecule has 1 aliphatic rings. The van der Waals surface area contributed by atoms with Crippen LogP contribution in [0.5, 0.6) is 0 Å². The van der Waals surface area contributed by atoms with Crippen LogP contribution < -0.4 is 4.90 Å². The summed E-state index contributed by atoms with van der Waals surface area (Å²) in [6.07, 6.45) is 0. The van der Waals surface area contributed by atoms with Crippen LogP contribution in [0, 0.1) is 0 Å². The van der Waals surface area contributed by atoms with E-state index >= 15 is 0 Å². The zero-order valence-corrected chi connectivity index (χ0v) is 29.5. The second-order valence-corrected chi connectivity index (χ2v) is 16.0. The molecule has 1 aliphatic carbocycles. The topological polar surface area (TPSA) is 3.24 Å². The Morgan fingerprint density at radius 3 is 2.00 bits per heavy atom. The van der Waals surface area contributed by atoms with Crippen LogP contribution in [-0.4, -0.2) is 0 Å². The molecule has 1 nitrogen and oxygen atoms in total. The smallest absolute Gasteiger partial charge is 0.0547 e. The Balaban J connectivity index is 1.35. The molecule has 2 heteroatoms. The Bertz CT molecular complexity index is 2560. The number of anilines is 3. The highest BCUT2D eigenvalue weighted by Gasteiger charge is 2.36. The van der Waals surface area contributed by atoms with Crippen molar-refractivity contribution >= 4 is 59.3 Å². The predicted octanol–water partition coefficient (Wildman–Crippen LogP) is 13.9. The standard InChI is InChI=1S/C47H39NS/c1-46(2,3)31-22-24-32(25-23-31)48(33-26-27-36-35-15-8-10-19-40(35)47(4,5)41(36)29-33)42-28-21-30-13-6-7-14-34(30)44(42)39-18-12-17-38-37-16-9-11-20-43(37)49-45(38)39/h6-29H,1-5H3. The Morgan fingerprint density at radius 2 is 1.18 bits per heavy atom. The molecular formula is C47H39NS. The van der Waals surface area contributed by atoms with Gasteiger partial charge >= 0.3 is 0 Å². The van der Waals surface area contributed by atoms with Crippen molar-refractivity contribution in [3.8, 4) is 22.3 Å². The first-order valence-electron chi connectivity index (χ1n) is 17.3. The van der Waals surface area contributed by atoms with Crippen LogP contribution in [0.1, 0.15) is 51.3 Å². The van der Waals surface area contributed by atoms with Crippen molar-refractivity contribution in [2.75, 3.05) is 4.90 Å². The van der Waals surface area contributed by atoms with Crippen molar-refractivity contribution in [2.24, 2.45) is 0 Å². The van der Waals surface area contributed by atoms with Gasteiger partial charge in [0.1, 0.15) is 0 Å². The van der Waals surface area contributed by atoms with Crippen LogP contribution in [0.3, 0.4) is 0 Å². The Morgan fingerprint density at radius 1 is 0.531 bits per heavy atom. The lowest BCUT2D eigenvalue weighted by atomic mass is 9.82. The zero-order chi connectivity index (χ0) is 33.5. The number of rotatable bonds is 4. The minimum absolute atomic E-state index is 0.0671. The molecule has 0 atom stereocenters. The van der Waals surface area contributed by atoms with E-state index < -0.39 is 0 Å². The van der Waals surface area contributed by atoms with Crippen molar-refractivity contribution in [3.63, 3.8) is 0 Å². The largest absolute Gasteiger partial charge is 0.310 e. The maximum atomic E-state index is 2.50. The maximum Gasteiger partial charge on any atom is 0.0547 e. The summed E-state index contributed by atoms with van der Waals surface area (Å²) in [4.78, 5) is 2.50. The van der Waals surface area contributed by atoms with E-state index in [0.29, 0.717) is 0 Å². The Kier molecular flexibility index (Phi) is 6.67. The molecule has 238 valence electrons. The van der Waals surface area contributed by atoms with Gasteiger partial charge in [-0.1, -0.05) is 144 Å². The summed E-state index contributed by atoms with van der Waals surface area (Å²) >= 11 is 1.90. The van der Waals surface area contributed by atoms with E-state index in [1.807, 2.05) is 11.3 Å². The van der Waals surface area contributed by atoms with Crippen LogP contribution in [0.4, 0.5) is 17.1 Å². The van der Waals surface area contributed by atoms with E-state index in [1.165, 1.54) is 81.3 Å². The van der Waals surface area contributed by atoms with Gasteiger partial charge in [0.25, 0.3) is 0 Å². The van der Waals surface area contributed by atoms with E-state index in [9.17, 15) is 0 Å². The first-order chi connectivity index (χ1) is 23.7. The van der Waals surface area contributed by atoms with Gasteiger partial charge in [0, 0.05) is 48.1 Å². The molecule has 49 heavy (non-hydrogen) atoms. The summed E-state index contributed by atoms with van der Waals surface area (Å²) in [7, 11) is 0. The van der Waals surface area contributed by atoms with Gasteiger partial charge in [-0.3, -0.25) is 0 Å². The van der Waals surface area contributed by atoms with Gasteiger partial charge in [0.2, 0.25) is 0 Å². The number of hydrogen-bond donors (Lipinski definition) is 0. The zero-order valence-electron chi connectivity index (χ0n) is 28.7. The van der Waals surface area contributed by atoms with Crippen LogP contribution in [0.2, 0.25) is 0 Å². The molecule has 0 saturated heterocycles. The molecule has 0 aliphatic heterocycles. The third kappa shape index (κ3) is 4.65. The predicted molar refractivity (Wildman–Crippen MR) is 213 cm³/mol. The first kappa shape index (κ1) is 29.9. The molecule has 8 aromatic rings. The fourth-order valence-corrected chi connectivity index (χ4v) is 9.27. The van der Waals surface area contributed by atoms with Crippen LogP contribution >= 0.6 is 11.3 Å². The SMILES string of the molecule is CC(C)(C)c1ccc(N(c2ccc3c(c2)C(C)(C)c2ccccc2-3)c2ccc3ccccc3c2-c2cccc3c2sc2ccccc23)cc1. The summed E-state index contributed by atoms with van der Waals surface area (Å²) in [6.45, 7) is 11.6. The molecule has 9 rings (SSSR count). The molecular weight excluding hydrogens is 611 g/mol. The summed E-state index contributed by atoms with van der Waals surface area (Å²) in [5, 5.41) is 5.14. The third-order valence-corrected chi connectivity index (χ3v) is 11.9. The van der Waals surface area contributed by atoms with Gasteiger partial charge in [0.05, 0.1) is 5.69 Å². The summed E-state index contributed by atoms with van der Waals surface area (Å²) in [5.41, 5.74) is 12.8. The van der Waals surface area contributed by atoms with Crippen LogP contribution in [-0.2, 0) is 10.8 Å². The number of fused-ring (bicyclic) bond motifs is 7. The van der Waals surface area contributed by atoms with E-state index in [1.54, 1.807) is 0 Å².